The number of nitrogens with one attached hydrogen (secondary N) is 2. The normalized spacial score (nSPS) is 15.4. The van der Waals surface area contributed by atoms with Crippen LogP contribution in [0.2, 0.25) is 5.02 Å². The van der Waals surface area contributed by atoms with Gasteiger partial charge in [0.05, 0.1) is 16.8 Å². The van der Waals surface area contributed by atoms with Crippen molar-refractivity contribution >= 4 is 23.4 Å². The largest absolute Gasteiger partial charge is 0.335 e. The molecule has 1 aliphatic carbocycles. The molecule has 2 N–H and O–H groups in total. The van der Waals surface area contributed by atoms with E-state index >= 15 is 0 Å². The van der Waals surface area contributed by atoms with Gasteiger partial charge in [0, 0.05) is 44.4 Å². The summed E-state index contributed by atoms with van der Waals surface area (Å²) in [6.07, 6.45) is 5.14. The number of H-pyrrole nitrogens is 2. The molecule has 0 unspecified atom stereocenters. The van der Waals surface area contributed by atoms with E-state index in [0.717, 1.165) is 48.1 Å². The summed E-state index contributed by atoms with van der Waals surface area (Å²) in [5.41, 5.74) is 2.77. The summed E-state index contributed by atoms with van der Waals surface area (Å²) in [7, 11) is 0. The van der Waals surface area contributed by atoms with Gasteiger partial charge < -0.3 is 14.8 Å². The SMILES string of the molecule is O=C(c1c[nH]c(=O)c(Cl)c1)N1CCN(C(=O)c2cc(Cc3n[nH]c(=O)c4c3CCCC4)ccc2F)CC1. The molecule has 0 spiro atoms. The second-order valence-corrected chi connectivity index (χ2v) is 9.71. The number of nitrogens with zero attached hydrogens (tertiary/aromatic N) is 3. The molecule has 2 aromatic heterocycles. The van der Waals surface area contributed by atoms with Crippen LogP contribution in [0.15, 0.2) is 40.1 Å². The molecule has 0 saturated carbocycles. The van der Waals surface area contributed by atoms with Crippen LogP contribution in [-0.4, -0.2) is 63.0 Å². The second kappa shape index (κ2) is 10.3. The van der Waals surface area contributed by atoms with Crippen LogP contribution in [0, 0.1) is 5.82 Å². The predicted octanol–water partition coefficient (Wildman–Crippen LogP) is 2.32. The number of aromatic nitrogens is 3. The van der Waals surface area contributed by atoms with Crippen LogP contribution in [0.4, 0.5) is 4.39 Å². The van der Waals surface area contributed by atoms with Crippen LogP contribution < -0.4 is 11.1 Å². The molecule has 11 heteroatoms. The molecule has 1 fully saturated rings. The molecule has 0 radical (unpaired) electrons. The number of carbonyl (C=O) groups excluding carboxylic acids is 2. The van der Waals surface area contributed by atoms with Crippen molar-refractivity contribution in [2.24, 2.45) is 0 Å². The number of carbonyl (C=O) groups is 2. The molecule has 3 aromatic rings. The number of piperazine rings is 1. The lowest BCUT2D eigenvalue weighted by atomic mass is 9.90. The molecule has 9 nitrogen and oxygen atoms in total. The van der Waals surface area contributed by atoms with Gasteiger partial charge in [0.15, 0.2) is 0 Å². The third kappa shape index (κ3) is 5.06. The van der Waals surface area contributed by atoms with Gasteiger partial charge in [-0.15, -0.1) is 0 Å². The molecule has 1 aromatic carbocycles. The number of hydrogen-bond acceptors (Lipinski definition) is 5. The first-order chi connectivity index (χ1) is 17.8. The van der Waals surface area contributed by atoms with Crippen LogP contribution in [0.25, 0.3) is 0 Å². The average Bonchev–Trinajstić information content (AvgIpc) is 2.92. The first-order valence-electron chi connectivity index (χ1n) is 12.2. The van der Waals surface area contributed by atoms with Crippen LogP contribution in [0.1, 0.15) is 55.9 Å². The molecule has 3 heterocycles. The molecule has 2 amide bonds. The second-order valence-electron chi connectivity index (χ2n) is 9.30. The van der Waals surface area contributed by atoms with E-state index in [4.69, 9.17) is 11.6 Å². The highest BCUT2D eigenvalue weighted by Gasteiger charge is 2.27. The third-order valence-electron chi connectivity index (χ3n) is 6.97. The van der Waals surface area contributed by atoms with Gasteiger partial charge in [0.1, 0.15) is 10.8 Å². The first-order valence-corrected chi connectivity index (χ1v) is 12.5. The Morgan fingerprint density at radius 2 is 1.62 bits per heavy atom. The van der Waals surface area contributed by atoms with Gasteiger partial charge in [-0.25, -0.2) is 9.49 Å². The lowest BCUT2D eigenvalue weighted by Crippen LogP contribution is -2.50. The summed E-state index contributed by atoms with van der Waals surface area (Å²) >= 11 is 5.83. The smallest absolute Gasteiger partial charge is 0.267 e. The number of hydrogen-bond donors (Lipinski definition) is 2. The zero-order chi connectivity index (χ0) is 26.1. The Labute approximate surface area is 216 Å². The molecule has 1 aliphatic heterocycles. The highest BCUT2D eigenvalue weighted by atomic mass is 35.5. The molecule has 2 aliphatic rings. The maximum Gasteiger partial charge on any atom is 0.267 e. The topological polar surface area (TPSA) is 119 Å². The highest BCUT2D eigenvalue weighted by molar-refractivity contribution is 6.30. The van der Waals surface area contributed by atoms with E-state index in [2.05, 4.69) is 15.2 Å². The van der Waals surface area contributed by atoms with Crippen LogP contribution in [0.3, 0.4) is 0 Å². The Morgan fingerprint density at radius 3 is 2.32 bits per heavy atom. The van der Waals surface area contributed by atoms with Crippen molar-refractivity contribution in [3.63, 3.8) is 0 Å². The molecule has 37 heavy (non-hydrogen) atoms. The molecule has 192 valence electrons. The summed E-state index contributed by atoms with van der Waals surface area (Å²) in [5, 5.41) is 6.73. The maximum atomic E-state index is 14.7. The van der Waals surface area contributed by atoms with Crippen LogP contribution >= 0.6 is 11.6 Å². The van der Waals surface area contributed by atoms with E-state index in [0.29, 0.717) is 6.42 Å². The van der Waals surface area contributed by atoms with E-state index in [1.807, 2.05) is 0 Å². The summed E-state index contributed by atoms with van der Waals surface area (Å²) in [4.78, 5) is 55.0. The number of aromatic amines is 2. The minimum Gasteiger partial charge on any atom is -0.335 e. The molecule has 5 rings (SSSR count). The van der Waals surface area contributed by atoms with Crippen molar-refractivity contribution in [2.45, 2.75) is 32.1 Å². The van der Waals surface area contributed by atoms with Gasteiger partial charge in [-0.3, -0.25) is 19.2 Å². The third-order valence-corrected chi connectivity index (χ3v) is 7.26. The average molecular weight is 526 g/mol. The van der Waals surface area contributed by atoms with Crippen LogP contribution in [0.5, 0.6) is 0 Å². The number of benzene rings is 1. The van der Waals surface area contributed by atoms with Crippen LogP contribution in [-0.2, 0) is 19.3 Å². The molecule has 0 atom stereocenters. The van der Waals surface area contributed by atoms with Crippen molar-refractivity contribution in [3.05, 3.63) is 95.5 Å². The van der Waals surface area contributed by atoms with Crippen molar-refractivity contribution < 1.29 is 14.0 Å². The summed E-state index contributed by atoms with van der Waals surface area (Å²) < 4.78 is 14.7. The monoisotopic (exact) mass is 525 g/mol. The van der Waals surface area contributed by atoms with Gasteiger partial charge in [-0.1, -0.05) is 17.7 Å². The van der Waals surface area contributed by atoms with Crippen molar-refractivity contribution in [1.82, 2.24) is 25.0 Å². The Balaban J connectivity index is 1.29. The number of halogens is 2. The van der Waals surface area contributed by atoms with Gasteiger partial charge in [0.2, 0.25) is 0 Å². The summed E-state index contributed by atoms with van der Waals surface area (Å²) in [6, 6.07) is 5.76. The Hall–Kier alpha value is -3.79. The van der Waals surface area contributed by atoms with Gasteiger partial charge in [-0.05, 0) is 55.0 Å². The van der Waals surface area contributed by atoms with E-state index in [1.54, 1.807) is 17.0 Å². The Bertz CT molecular complexity index is 1490. The fourth-order valence-electron chi connectivity index (χ4n) is 4.96. The van der Waals surface area contributed by atoms with Gasteiger partial charge in [-0.2, -0.15) is 5.10 Å². The number of rotatable bonds is 4. The minimum atomic E-state index is -0.619. The molecule has 0 bridgehead atoms. The lowest BCUT2D eigenvalue weighted by molar-refractivity contribution is 0.0532. The lowest BCUT2D eigenvalue weighted by Gasteiger charge is -2.35. The highest BCUT2D eigenvalue weighted by Crippen LogP contribution is 2.23. The molecule has 1 saturated heterocycles. The quantitative estimate of drug-likeness (QED) is 0.542. The van der Waals surface area contributed by atoms with Crippen molar-refractivity contribution in [2.75, 3.05) is 26.2 Å². The fraction of sp³-hybridized carbons (Fsp3) is 0.346. The number of pyridine rings is 1. The summed E-state index contributed by atoms with van der Waals surface area (Å²) in [6.45, 7) is 0.993. The molecular weight excluding hydrogens is 501 g/mol. The molecular formula is C26H25ClFN5O4. The first kappa shape index (κ1) is 24.9. The number of fused-ring (bicyclic) bond motifs is 1. The maximum absolute atomic E-state index is 14.7. The van der Waals surface area contributed by atoms with E-state index in [9.17, 15) is 23.6 Å². The zero-order valence-electron chi connectivity index (χ0n) is 20.0. The van der Waals surface area contributed by atoms with Crippen molar-refractivity contribution in [1.29, 1.82) is 0 Å². The Kier molecular flexibility index (Phi) is 6.92. The number of amides is 2. The fourth-order valence-corrected chi connectivity index (χ4v) is 5.13. The van der Waals surface area contributed by atoms with Gasteiger partial charge >= 0.3 is 0 Å². The van der Waals surface area contributed by atoms with Crippen molar-refractivity contribution in [3.8, 4) is 0 Å². The van der Waals surface area contributed by atoms with Gasteiger partial charge in [0.25, 0.3) is 22.9 Å². The minimum absolute atomic E-state index is 0.0389. The predicted molar refractivity (Wildman–Crippen MR) is 135 cm³/mol. The standard InChI is InChI=1S/C26H25ClFN5O4/c27-20-13-16(14-29-24(20)35)25(36)32-7-9-33(10-8-32)26(37)19-11-15(5-6-21(19)28)12-22-17-3-1-2-4-18(17)23(34)31-30-22/h5-6,11,13-14H,1-4,7-10,12H2,(H,29,35)(H,31,34). The van der Waals surface area contributed by atoms with E-state index in [-0.39, 0.29) is 53.8 Å². The van der Waals surface area contributed by atoms with E-state index < -0.39 is 17.3 Å². The van der Waals surface area contributed by atoms with E-state index in [1.165, 1.54) is 23.2 Å². The summed E-state index contributed by atoms with van der Waals surface area (Å²) in [5.74, 6) is -1.38. The zero-order valence-corrected chi connectivity index (χ0v) is 20.7. The Morgan fingerprint density at radius 1 is 0.946 bits per heavy atom.